The highest BCUT2D eigenvalue weighted by Gasteiger charge is 2.35. The van der Waals surface area contributed by atoms with Crippen molar-refractivity contribution in [2.75, 3.05) is 46.0 Å². The number of piperidine rings is 1. The number of likely N-dealkylation sites (tertiary alicyclic amines) is 1. The smallest absolute Gasteiger partial charge is 0.107 e. The molecule has 23 heavy (non-hydrogen) atoms. The van der Waals surface area contributed by atoms with Crippen molar-refractivity contribution in [3.63, 3.8) is 0 Å². The average molecular weight is 337 g/mol. The largest absolute Gasteiger partial charge is 0.381 e. The summed E-state index contributed by atoms with van der Waals surface area (Å²) in [6.07, 6.45) is 5.92. The first-order valence-corrected chi connectivity index (χ1v) is 9.80. The highest BCUT2D eigenvalue weighted by molar-refractivity contribution is 7.09. The molecule has 0 amide bonds. The summed E-state index contributed by atoms with van der Waals surface area (Å²) in [6, 6.07) is 0.708. The van der Waals surface area contributed by atoms with Gasteiger partial charge in [-0.15, -0.1) is 11.3 Å². The zero-order valence-corrected chi connectivity index (χ0v) is 14.5. The van der Waals surface area contributed by atoms with E-state index in [1.807, 2.05) is 6.20 Å². The van der Waals surface area contributed by atoms with E-state index in [-0.39, 0.29) is 0 Å². The third-order valence-corrected chi connectivity index (χ3v) is 6.27. The zero-order chi connectivity index (χ0) is 15.5. The molecule has 4 rings (SSSR count). The van der Waals surface area contributed by atoms with Crippen LogP contribution in [0.5, 0.6) is 0 Å². The second kappa shape index (κ2) is 7.57. The van der Waals surface area contributed by atoms with Crippen molar-refractivity contribution in [1.29, 1.82) is 0 Å². The van der Waals surface area contributed by atoms with Crippen LogP contribution in [0.2, 0.25) is 0 Å². The van der Waals surface area contributed by atoms with Gasteiger partial charge in [0.15, 0.2) is 0 Å². The fourth-order valence-electron chi connectivity index (χ4n) is 4.19. The number of rotatable bonds is 3. The van der Waals surface area contributed by atoms with E-state index in [9.17, 15) is 0 Å². The maximum atomic E-state index is 6.25. The van der Waals surface area contributed by atoms with Gasteiger partial charge in [-0.25, -0.2) is 4.98 Å². The summed E-state index contributed by atoms with van der Waals surface area (Å²) in [4.78, 5) is 9.62. The van der Waals surface area contributed by atoms with E-state index in [0.29, 0.717) is 18.1 Å². The van der Waals surface area contributed by atoms with Crippen LogP contribution in [0.3, 0.4) is 0 Å². The lowest BCUT2D eigenvalue weighted by Gasteiger charge is -2.39. The Morgan fingerprint density at radius 1 is 1.13 bits per heavy atom. The number of hydrogen-bond donors (Lipinski definition) is 0. The van der Waals surface area contributed by atoms with Gasteiger partial charge in [-0.05, 0) is 25.8 Å². The summed E-state index contributed by atoms with van der Waals surface area (Å²) < 4.78 is 11.8. The van der Waals surface area contributed by atoms with Crippen LogP contribution in [0.15, 0.2) is 11.6 Å². The standard InChI is InChI=1S/C17H27N3O2S/c1-5-19(13-17-18-4-10-23-17)12-16-14(1)11-20(6-9-22-16)15-2-7-21-8-3-15/h4,10,14-16H,1-3,5-9,11-13H2/t14-,16-/m0/s1. The molecule has 0 bridgehead atoms. The lowest BCUT2D eigenvalue weighted by Crippen LogP contribution is -2.48. The van der Waals surface area contributed by atoms with Crippen LogP contribution in [0.1, 0.15) is 24.3 Å². The molecule has 3 saturated heterocycles. The van der Waals surface area contributed by atoms with E-state index in [0.717, 1.165) is 39.5 Å². The minimum atomic E-state index is 0.397. The quantitative estimate of drug-likeness (QED) is 0.841. The maximum Gasteiger partial charge on any atom is 0.107 e. The number of ether oxygens (including phenoxy) is 2. The molecule has 3 aliphatic rings. The van der Waals surface area contributed by atoms with Gasteiger partial charge in [-0.2, -0.15) is 0 Å². The van der Waals surface area contributed by atoms with Gasteiger partial charge in [0.25, 0.3) is 0 Å². The first-order valence-electron chi connectivity index (χ1n) is 8.92. The van der Waals surface area contributed by atoms with Gasteiger partial charge in [-0.3, -0.25) is 9.80 Å². The van der Waals surface area contributed by atoms with Crippen molar-refractivity contribution >= 4 is 11.3 Å². The highest BCUT2D eigenvalue weighted by Crippen LogP contribution is 2.27. The number of aromatic nitrogens is 1. The van der Waals surface area contributed by atoms with E-state index >= 15 is 0 Å². The topological polar surface area (TPSA) is 37.8 Å². The van der Waals surface area contributed by atoms with Crippen LogP contribution in [-0.2, 0) is 16.0 Å². The van der Waals surface area contributed by atoms with Gasteiger partial charge in [0.2, 0.25) is 0 Å². The van der Waals surface area contributed by atoms with Crippen molar-refractivity contribution in [2.45, 2.75) is 38.0 Å². The number of nitrogens with zero attached hydrogens (tertiary/aromatic N) is 3. The van der Waals surface area contributed by atoms with Crippen molar-refractivity contribution in [1.82, 2.24) is 14.8 Å². The molecule has 3 aliphatic heterocycles. The summed E-state index contributed by atoms with van der Waals surface area (Å²) in [5, 5.41) is 3.29. The highest BCUT2D eigenvalue weighted by atomic mass is 32.1. The van der Waals surface area contributed by atoms with Gasteiger partial charge in [0, 0.05) is 56.4 Å². The van der Waals surface area contributed by atoms with E-state index in [1.165, 1.54) is 37.4 Å². The van der Waals surface area contributed by atoms with Gasteiger partial charge in [0.05, 0.1) is 19.3 Å². The van der Waals surface area contributed by atoms with Crippen molar-refractivity contribution in [3.05, 3.63) is 16.6 Å². The second-order valence-corrected chi connectivity index (χ2v) is 7.94. The number of fused-ring (bicyclic) bond motifs is 1. The number of thiazole rings is 1. The summed E-state index contributed by atoms with van der Waals surface area (Å²) >= 11 is 1.76. The summed E-state index contributed by atoms with van der Waals surface area (Å²) in [5.74, 6) is 0.688. The molecule has 5 nitrogen and oxygen atoms in total. The molecule has 0 spiro atoms. The van der Waals surface area contributed by atoms with Gasteiger partial charge < -0.3 is 9.47 Å². The first-order chi connectivity index (χ1) is 11.4. The molecule has 1 aromatic heterocycles. The molecule has 0 N–H and O–H groups in total. The van der Waals surface area contributed by atoms with Crippen molar-refractivity contribution < 1.29 is 9.47 Å². The lowest BCUT2D eigenvalue weighted by atomic mass is 9.92. The SMILES string of the molecule is c1csc(CN2CC[C@H]3CN(C4CCOCC4)CCO[C@H]3C2)n1. The third-order valence-electron chi connectivity index (χ3n) is 5.51. The van der Waals surface area contributed by atoms with Crippen LogP contribution < -0.4 is 0 Å². The van der Waals surface area contributed by atoms with Crippen molar-refractivity contribution in [3.8, 4) is 0 Å². The minimum Gasteiger partial charge on any atom is -0.381 e. The van der Waals surface area contributed by atoms with Crippen LogP contribution in [0, 0.1) is 5.92 Å². The van der Waals surface area contributed by atoms with Crippen LogP contribution >= 0.6 is 11.3 Å². The van der Waals surface area contributed by atoms with Crippen LogP contribution in [0.4, 0.5) is 0 Å². The molecule has 2 atom stereocenters. The molecule has 0 unspecified atom stereocenters. The second-order valence-electron chi connectivity index (χ2n) is 6.96. The Morgan fingerprint density at radius 2 is 2.04 bits per heavy atom. The molecule has 6 heteroatoms. The third kappa shape index (κ3) is 3.94. The molecule has 1 aromatic rings. The molecule has 128 valence electrons. The Hall–Kier alpha value is -0.530. The van der Waals surface area contributed by atoms with E-state index in [1.54, 1.807) is 11.3 Å². The van der Waals surface area contributed by atoms with Crippen LogP contribution in [-0.4, -0.2) is 72.9 Å². The minimum absolute atomic E-state index is 0.397. The monoisotopic (exact) mass is 337 g/mol. The normalized spacial score (nSPS) is 31.7. The van der Waals surface area contributed by atoms with E-state index in [2.05, 4.69) is 20.2 Å². The summed E-state index contributed by atoms with van der Waals surface area (Å²) in [6.45, 7) is 8.25. The fourth-order valence-corrected chi connectivity index (χ4v) is 4.85. The predicted molar refractivity (Wildman–Crippen MR) is 90.7 cm³/mol. The summed E-state index contributed by atoms with van der Waals surface area (Å²) in [5.41, 5.74) is 0. The van der Waals surface area contributed by atoms with Crippen molar-refractivity contribution in [2.24, 2.45) is 5.92 Å². The number of hydrogen-bond acceptors (Lipinski definition) is 6. The lowest BCUT2D eigenvalue weighted by molar-refractivity contribution is -0.0245. The molecule has 0 saturated carbocycles. The molecule has 4 heterocycles. The summed E-state index contributed by atoms with van der Waals surface area (Å²) in [7, 11) is 0. The zero-order valence-electron chi connectivity index (χ0n) is 13.7. The fraction of sp³-hybridized carbons (Fsp3) is 0.824. The molecule has 3 fully saturated rings. The molecule has 0 aromatic carbocycles. The van der Waals surface area contributed by atoms with Gasteiger partial charge >= 0.3 is 0 Å². The maximum absolute atomic E-state index is 6.25. The predicted octanol–water partition coefficient (Wildman–Crippen LogP) is 1.84. The molecular formula is C17H27N3O2S. The first kappa shape index (κ1) is 16.0. The average Bonchev–Trinajstić information content (AvgIpc) is 3.00. The Morgan fingerprint density at radius 3 is 2.87 bits per heavy atom. The van der Waals surface area contributed by atoms with E-state index in [4.69, 9.17) is 9.47 Å². The Labute approximate surface area is 142 Å². The molecular weight excluding hydrogens is 310 g/mol. The Kier molecular flexibility index (Phi) is 5.26. The van der Waals surface area contributed by atoms with Crippen LogP contribution in [0.25, 0.3) is 0 Å². The Balaban J connectivity index is 1.34. The van der Waals surface area contributed by atoms with Gasteiger partial charge in [-0.1, -0.05) is 0 Å². The molecule has 0 aliphatic carbocycles. The Bertz CT molecular complexity index is 478. The molecule has 0 radical (unpaired) electrons. The van der Waals surface area contributed by atoms with Gasteiger partial charge in [0.1, 0.15) is 5.01 Å². The van der Waals surface area contributed by atoms with E-state index < -0.39 is 0 Å².